The first-order chi connectivity index (χ1) is 9.72. The molecule has 1 saturated carbocycles. The zero-order valence-corrected chi connectivity index (χ0v) is 12.7. The molecule has 1 aromatic carbocycles. The summed E-state index contributed by atoms with van der Waals surface area (Å²) in [5.41, 5.74) is 7.50. The van der Waals surface area contributed by atoms with Crippen LogP contribution >= 0.6 is 0 Å². The minimum absolute atomic E-state index is 0.0804. The summed E-state index contributed by atoms with van der Waals surface area (Å²) in [6.07, 6.45) is 5.82. The Hall–Kier alpha value is -1.06. The smallest absolute Gasteiger partial charge is 0.119 e. The molecule has 1 aromatic rings. The average Bonchev–Trinajstić information content (AvgIpc) is 2.48. The Kier molecular flexibility index (Phi) is 5.44. The Morgan fingerprint density at radius 1 is 1.15 bits per heavy atom. The summed E-state index contributed by atoms with van der Waals surface area (Å²) in [6.45, 7) is 5.45. The number of hydrogen-bond donors (Lipinski definition) is 1. The second kappa shape index (κ2) is 7.09. The highest BCUT2D eigenvalue weighted by Crippen LogP contribution is 2.40. The summed E-state index contributed by atoms with van der Waals surface area (Å²) in [4.78, 5) is 0. The molecule has 112 valence electrons. The zero-order chi connectivity index (χ0) is 14.4. The molecule has 1 aliphatic rings. The largest absolute Gasteiger partial charge is 0.494 e. The van der Waals surface area contributed by atoms with E-state index in [1.165, 1.54) is 19.3 Å². The number of hydrogen-bond acceptors (Lipinski definition) is 3. The van der Waals surface area contributed by atoms with Crippen molar-refractivity contribution in [3.8, 4) is 5.75 Å². The topological polar surface area (TPSA) is 44.5 Å². The van der Waals surface area contributed by atoms with Gasteiger partial charge in [0.2, 0.25) is 0 Å². The lowest BCUT2D eigenvalue weighted by Crippen LogP contribution is -2.45. The summed E-state index contributed by atoms with van der Waals surface area (Å²) in [7, 11) is 0. The monoisotopic (exact) mass is 277 g/mol. The van der Waals surface area contributed by atoms with E-state index in [9.17, 15) is 0 Å². The molecule has 0 bridgehead atoms. The Morgan fingerprint density at radius 2 is 1.90 bits per heavy atom. The molecule has 0 saturated heterocycles. The number of nitrogens with two attached hydrogens (primary N) is 1. The molecule has 1 atom stereocenters. The molecule has 0 amide bonds. The van der Waals surface area contributed by atoms with Gasteiger partial charge in [-0.25, -0.2) is 0 Å². The quantitative estimate of drug-likeness (QED) is 0.859. The van der Waals surface area contributed by atoms with Gasteiger partial charge in [-0.15, -0.1) is 0 Å². The van der Waals surface area contributed by atoms with Crippen LogP contribution in [-0.2, 0) is 4.74 Å². The van der Waals surface area contributed by atoms with E-state index in [0.29, 0.717) is 6.61 Å². The van der Waals surface area contributed by atoms with Gasteiger partial charge in [-0.2, -0.15) is 0 Å². The van der Waals surface area contributed by atoms with Crippen molar-refractivity contribution in [2.45, 2.75) is 57.6 Å². The molecule has 1 unspecified atom stereocenters. The molecule has 0 aromatic heterocycles. The van der Waals surface area contributed by atoms with Crippen LogP contribution in [-0.4, -0.2) is 18.8 Å². The zero-order valence-electron chi connectivity index (χ0n) is 12.7. The van der Waals surface area contributed by atoms with Gasteiger partial charge in [0.25, 0.3) is 0 Å². The van der Waals surface area contributed by atoms with Crippen LogP contribution < -0.4 is 10.5 Å². The first-order valence-electron chi connectivity index (χ1n) is 7.84. The van der Waals surface area contributed by atoms with Gasteiger partial charge in [-0.3, -0.25) is 0 Å². The summed E-state index contributed by atoms with van der Waals surface area (Å²) < 4.78 is 11.7. The Morgan fingerprint density at radius 3 is 2.55 bits per heavy atom. The van der Waals surface area contributed by atoms with Crippen molar-refractivity contribution in [3.05, 3.63) is 29.8 Å². The average molecular weight is 277 g/mol. The summed E-state index contributed by atoms with van der Waals surface area (Å²) in [5, 5.41) is 0. The van der Waals surface area contributed by atoms with E-state index in [0.717, 1.165) is 30.8 Å². The van der Waals surface area contributed by atoms with E-state index in [1.54, 1.807) is 0 Å². The molecule has 0 spiro atoms. The molecule has 0 aliphatic heterocycles. The van der Waals surface area contributed by atoms with Crippen molar-refractivity contribution in [3.63, 3.8) is 0 Å². The van der Waals surface area contributed by atoms with Crippen molar-refractivity contribution in [2.75, 3.05) is 13.2 Å². The summed E-state index contributed by atoms with van der Waals surface area (Å²) in [5.74, 6) is 0.892. The van der Waals surface area contributed by atoms with E-state index >= 15 is 0 Å². The van der Waals surface area contributed by atoms with Gasteiger partial charge in [-0.1, -0.05) is 31.4 Å². The van der Waals surface area contributed by atoms with Crippen LogP contribution in [0.15, 0.2) is 24.3 Å². The lowest BCUT2D eigenvalue weighted by molar-refractivity contribution is -0.0831. The second-order valence-electron chi connectivity index (χ2n) is 5.54. The lowest BCUT2D eigenvalue weighted by Gasteiger charge is -2.42. The van der Waals surface area contributed by atoms with Crippen molar-refractivity contribution in [1.29, 1.82) is 0 Å². The van der Waals surface area contributed by atoms with E-state index < -0.39 is 0 Å². The fourth-order valence-electron chi connectivity index (χ4n) is 3.25. The normalized spacial score (nSPS) is 19.6. The molecule has 3 nitrogen and oxygen atoms in total. The highest BCUT2D eigenvalue weighted by Gasteiger charge is 2.39. The van der Waals surface area contributed by atoms with Gasteiger partial charge in [-0.05, 0) is 44.4 Å². The Bertz CT molecular complexity index is 408. The fourth-order valence-corrected chi connectivity index (χ4v) is 3.25. The number of benzene rings is 1. The Labute approximate surface area is 122 Å². The van der Waals surface area contributed by atoms with Gasteiger partial charge in [0.15, 0.2) is 0 Å². The third-order valence-corrected chi connectivity index (χ3v) is 4.23. The second-order valence-corrected chi connectivity index (χ2v) is 5.54. The third kappa shape index (κ3) is 3.33. The highest BCUT2D eigenvalue weighted by molar-refractivity contribution is 5.32. The van der Waals surface area contributed by atoms with Crippen molar-refractivity contribution in [2.24, 2.45) is 5.73 Å². The van der Waals surface area contributed by atoms with Crippen molar-refractivity contribution >= 4 is 0 Å². The maximum atomic E-state index is 6.58. The molecule has 3 heteroatoms. The maximum absolute atomic E-state index is 6.58. The molecule has 0 radical (unpaired) electrons. The van der Waals surface area contributed by atoms with Gasteiger partial charge >= 0.3 is 0 Å². The van der Waals surface area contributed by atoms with Crippen molar-refractivity contribution in [1.82, 2.24) is 0 Å². The SMILES string of the molecule is CCOc1cccc(C(N)C2(OCC)CCCCC2)c1. The summed E-state index contributed by atoms with van der Waals surface area (Å²) >= 11 is 0. The van der Waals surface area contributed by atoms with Crippen LogP contribution in [0.4, 0.5) is 0 Å². The predicted octanol–water partition coefficient (Wildman–Crippen LogP) is 3.82. The van der Waals surface area contributed by atoms with Crippen LogP contribution in [0.5, 0.6) is 5.75 Å². The van der Waals surface area contributed by atoms with Crippen molar-refractivity contribution < 1.29 is 9.47 Å². The first-order valence-corrected chi connectivity index (χ1v) is 7.84. The van der Waals surface area contributed by atoms with Crippen LogP contribution in [0, 0.1) is 0 Å². The molecule has 0 heterocycles. The van der Waals surface area contributed by atoms with Gasteiger partial charge in [0.1, 0.15) is 5.75 Å². The molecular weight excluding hydrogens is 250 g/mol. The van der Waals surface area contributed by atoms with E-state index in [2.05, 4.69) is 19.1 Å². The third-order valence-electron chi connectivity index (χ3n) is 4.23. The minimum Gasteiger partial charge on any atom is -0.494 e. The molecule has 20 heavy (non-hydrogen) atoms. The Balaban J connectivity index is 2.22. The van der Waals surface area contributed by atoms with Crippen LogP contribution in [0.1, 0.15) is 57.6 Å². The number of rotatable bonds is 6. The molecule has 2 rings (SSSR count). The van der Waals surface area contributed by atoms with Gasteiger partial charge < -0.3 is 15.2 Å². The minimum atomic E-state index is -0.197. The number of ether oxygens (including phenoxy) is 2. The predicted molar refractivity (Wildman–Crippen MR) is 82.0 cm³/mol. The van der Waals surface area contributed by atoms with Crippen LogP contribution in [0.2, 0.25) is 0 Å². The molecule has 2 N–H and O–H groups in total. The summed E-state index contributed by atoms with van der Waals surface area (Å²) in [6, 6.07) is 8.06. The van der Waals surface area contributed by atoms with E-state index in [4.69, 9.17) is 15.2 Å². The van der Waals surface area contributed by atoms with Crippen LogP contribution in [0.3, 0.4) is 0 Å². The van der Waals surface area contributed by atoms with E-state index in [-0.39, 0.29) is 11.6 Å². The molecule has 1 aliphatic carbocycles. The first kappa shape index (κ1) is 15.3. The van der Waals surface area contributed by atoms with Gasteiger partial charge in [0, 0.05) is 6.61 Å². The maximum Gasteiger partial charge on any atom is 0.119 e. The molecular formula is C17H27NO2. The molecule has 1 fully saturated rings. The highest BCUT2D eigenvalue weighted by atomic mass is 16.5. The fraction of sp³-hybridized carbons (Fsp3) is 0.647. The lowest BCUT2D eigenvalue weighted by atomic mass is 9.77. The standard InChI is InChI=1S/C17H27NO2/c1-3-19-15-10-8-9-14(13-15)16(18)17(20-4-2)11-6-5-7-12-17/h8-10,13,16H,3-7,11-12,18H2,1-2H3. The van der Waals surface area contributed by atoms with Crippen LogP contribution in [0.25, 0.3) is 0 Å². The van der Waals surface area contributed by atoms with E-state index in [1.807, 2.05) is 19.1 Å². The van der Waals surface area contributed by atoms with Gasteiger partial charge in [0.05, 0.1) is 18.2 Å².